The maximum atomic E-state index is 12.0. The summed E-state index contributed by atoms with van der Waals surface area (Å²) in [6.45, 7) is 12.2. The molecule has 0 saturated carbocycles. The lowest BCUT2D eigenvalue weighted by Gasteiger charge is -2.36. The number of carbonyl (C=O) groups is 1. The van der Waals surface area contributed by atoms with Gasteiger partial charge >= 0.3 is 0 Å². The third-order valence-corrected chi connectivity index (χ3v) is 5.66. The van der Waals surface area contributed by atoms with E-state index in [1.807, 2.05) is 19.1 Å². The molecule has 1 heterocycles. The van der Waals surface area contributed by atoms with Crippen LogP contribution in [0.5, 0.6) is 0 Å². The molecule has 0 atom stereocenters. The second-order valence-corrected chi connectivity index (χ2v) is 7.58. The molecule has 2 aromatic rings. The monoisotopic (exact) mass is 381 g/mol. The van der Waals surface area contributed by atoms with Gasteiger partial charge in [-0.25, -0.2) is 0 Å². The van der Waals surface area contributed by atoms with Gasteiger partial charge in [0.2, 0.25) is 0 Å². The number of piperazine rings is 1. The Kier molecular flexibility index (Phi) is 5.79. The van der Waals surface area contributed by atoms with Crippen molar-refractivity contribution in [1.82, 2.24) is 4.90 Å². The van der Waals surface area contributed by atoms with Gasteiger partial charge in [0, 0.05) is 56.1 Å². The molecule has 0 unspecified atom stereocenters. The van der Waals surface area contributed by atoms with Crippen molar-refractivity contribution in [2.75, 3.05) is 31.1 Å². The summed E-state index contributed by atoms with van der Waals surface area (Å²) in [5.41, 5.74) is 6.63. The van der Waals surface area contributed by atoms with Crippen LogP contribution in [0.25, 0.3) is 0 Å². The number of anilines is 1. The molecule has 3 rings (SSSR count). The van der Waals surface area contributed by atoms with Crippen LogP contribution in [0.4, 0.5) is 11.4 Å². The Balaban J connectivity index is 1.68. The lowest BCUT2D eigenvalue weighted by molar-refractivity contribution is -0.384. The number of carbonyl (C=O) groups excluding carboxylic acids is 1. The highest BCUT2D eigenvalue weighted by atomic mass is 16.6. The molecule has 0 aromatic heterocycles. The molecular formula is C22H27N3O3. The average molecular weight is 381 g/mol. The zero-order valence-corrected chi connectivity index (χ0v) is 17.0. The minimum atomic E-state index is -0.372. The van der Waals surface area contributed by atoms with E-state index in [2.05, 4.69) is 29.7 Å². The van der Waals surface area contributed by atoms with E-state index >= 15 is 0 Å². The quantitative estimate of drug-likeness (QED) is 0.444. The summed E-state index contributed by atoms with van der Waals surface area (Å²) in [5.74, 6) is 0.124. The van der Waals surface area contributed by atoms with E-state index in [1.165, 1.54) is 11.1 Å². The van der Waals surface area contributed by atoms with Crippen molar-refractivity contribution in [2.24, 2.45) is 0 Å². The Morgan fingerprint density at radius 2 is 1.64 bits per heavy atom. The van der Waals surface area contributed by atoms with E-state index in [0.29, 0.717) is 0 Å². The number of Topliss-reactive ketones (excluding diaryl/α,β-unsaturated/α-hetero) is 1. The van der Waals surface area contributed by atoms with Crippen LogP contribution in [0, 0.1) is 30.9 Å². The molecule has 1 fully saturated rings. The van der Waals surface area contributed by atoms with Crippen molar-refractivity contribution < 1.29 is 9.72 Å². The van der Waals surface area contributed by atoms with Crippen molar-refractivity contribution >= 4 is 17.2 Å². The van der Waals surface area contributed by atoms with Crippen LogP contribution in [0.15, 0.2) is 30.3 Å². The Morgan fingerprint density at radius 1 is 1.04 bits per heavy atom. The number of nitro groups is 1. The summed E-state index contributed by atoms with van der Waals surface area (Å²) in [6, 6.07) is 8.88. The summed E-state index contributed by atoms with van der Waals surface area (Å²) in [7, 11) is 0. The maximum Gasteiger partial charge on any atom is 0.269 e. The van der Waals surface area contributed by atoms with Crippen LogP contribution in [-0.2, 0) is 6.54 Å². The number of nitro benzene ring substituents is 1. The fraction of sp³-hybridized carbons (Fsp3) is 0.409. The molecule has 0 N–H and O–H groups in total. The largest absolute Gasteiger partial charge is 0.369 e. The number of hydrogen-bond acceptors (Lipinski definition) is 5. The van der Waals surface area contributed by atoms with Gasteiger partial charge in [0.05, 0.1) is 4.92 Å². The van der Waals surface area contributed by atoms with E-state index in [1.54, 1.807) is 19.1 Å². The number of aryl methyl sites for hydroxylation is 2. The van der Waals surface area contributed by atoms with Gasteiger partial charge in [-0.1, -0.05) is 6.07 Å². The predicted octanol–water partition coefficient (Wildman–Crippen LogP) is 4.04. The topological polar surface area (TPSA) is 66.7 Å². The minimum absolute atomic E-state index is 0.119. The third kappa shape index (κ3) is 4.07. The number of hydrogen-bond donors (Lipinski definition) is 0. The van der Waals surface area contributed by atoms with Gasteiger partial charge in [-0.15, -0.1) is 0 Å². The Bertz CT molecular complexity index is 898. The lowest BCUT2D eigenvalue weighted by atomic mass is 9.91. The normalized spacial score (nSPS) is 14.9. The standard InChI is InChI=1S/C22H27N3O3/c1-15-13-16(2)22(18(4)26)17(3)21(15)14-23-9-11-24(12-10-23)19-5-7-20(8-6-19)25(27)28/h5-8,13H,9-12,14H2,1-4H3. The lowest BCUT2D eigenvalue weighted by Crippen LogP contribution is -2.46. The molecule has 0 aliphatic carbocycles. The second-order valence-electron chi connectivity index (χ2n) is 7.58. The first-order valence-corrected chi connectivity index (χ1v) is 9.60. The molecule has 0 radical (unpaired) electrons. The fourth-order valence-corrected chi connectivity index (χ4v) is 4.18. The van der Waals surface area contributed by atoms with Crippen LogP contribution >= 0.6 is 0 Å². The van der Waals surface area contributed by atoms with Crippen molar-refractivity contribution in [2.45, 2.75) is 34.2 Å². The highest BCUT2D eigenvalue weighted by molar-refractivity contribution is 5.97. The summed E-state index contributed by atoms with van der Waals surface area (Å²) in [5, 5.41) is 10.8. The first kappa shape index (κ1) is 20.0. The van der Waals surface area contributed by atoms with Crippen molar-refractivity contribution in [3.63, 3.8) is 0 Å². The van der Waals surface area contributed by atoms with Crippen LogP contribution in [-0.4, -0.2) is 41.8 Å². The SMILES string of the molecule is CC(=O)c1c(C)cc(C)c(CN2CCN(c3ccc([N+](=O)[O-])cc3)CC2)c1C. The zero-order valence-electron chi connectivity index (χ0n) is 17.0. The Labute approximate surface area is 165 Å². The number of non-ortho nitro benzene ring substituents is 1. The average Bonchev–Trinajstić information content (AvgIpc) is 2.65. The Hall–Kier alpha value is -2.73. The predicted molar refractivity (Wildman–Crippen MR) is 111 cm³/mol. The van der Waals surface area contributed by atoms with E-state index in [-0.39, 0.29) is 16.4 Å². The molecule has 0 amide bonds. The number of benzene rings is 2. The summed E-state index contributed by atoms with van der Waals surface area (Å²) in [6.07, 6.45) is 0. The molecule has 28 heavy (non-hydrogen) atoms. The summed E-state index contributed by atoms with van der Waals surface area (Å²) in [4.78, 5) is 27.2. The first-order valence-electron chi connectivity index (χ1n) is 9.60. The van der Waals surface area contributed by atoms with Gasteiger partial charge in [0.25, 0.3) is 5.69 Å². The molecule has 0 bridgehead atoms. The van der Waals surface area contributed by atoms with Gasteiger partial charge in [-0.2, -0.15) is 0 Å². The number of rotatable bonds is 5. The fourth-order valence-electron chi connectivity index (χ4n) is 4.18. The van der Waals surface area contributed by atoms with Crippen molar-refractivity contribution in [1.29, 1.82) is 0 Å². The van der Waals surface area contributed by atoms with Gasteiger partial charge in [-0.3, -0.25) is 19.8 Å². The smallest absolute Gasteiger partial charge is 0.269 e. The third-order valence-electron chi connectivity index (χ3n) is 5.66. The van der Waals surface area contributed by atoms with Crippen LogP contribution in [0.1, 0.15) is 39.5 Å². The van der Waals surface area contributed by atoms with Gasteiger partial charge in [0.1, 0.15) is 0 Å². The molecule has 148 valence electrons. The second kappa shape index (κ2) is 8.10. The van der Waals surface area contributed by atoms with Crippen molar-refractivity contribution in [3.8, 4) is 0 Å². The molecule has 2 aromatic carbocycles. The zero-order chi connectivity index (χ0) is 20.4. The maximum absolute atomic E-state index is 12.0. The van der Waals surface area contributed by atoms with Gasteiger partial charge < -0.3 is 4.90 Å². The van der Waals surface area contributed by atoms with Crippen LogP contribution in [0.2, 0.25) is 0 Å². The van der Waals surface area contributed by atoms with E-state index in [9.17, 15) is 14.9 Å². The molecule has 1 aliphatic rings. The molecule has 6 heteroatoms. The number of nitrogens with zero attached hydrogens (tertiary/aromatic N) is 3. The molecule has 1 aliphatic heterocycles. The highest BCUT2D eigenvalue weighted by Crippen LogP contribution is 2.26. The van der Waals surface area contributed by atoms with E-state index in [0.717, 1.165) is 55.1 Å². The molecule has 0 spiro atoms. The van der Waals surface area contributed by atoms with E-state index in [4.69, 9.17) is 0 Å². The van der Waals surface area contributed by atoms with Crippen molar-refractivity contribution in [3.05, 3.63) is 68.3 Å². The minimum Gasteiger partial charge on any atom is -0.369 e. The first-order chi connectivity index (χ1) is 13.3. The Morgan fingerprint density at radius 3 is 2.18 bits per heavy atom. The summed E-state index contributed by atoms with van der Waals surface area (Å²) < 4.78 is 0. The van der Waals surface area contributed by atoms with Crippen LogP contribution in [0.3, 0.4) is 0 Å². The van der Waals surface area contributed by atoms with Crippen LogP contribution < -0.4 is 4.90 Å². The molecular weight excluding hydrogens is 354 g/mol. The highest BCUT2D eigenvalue weighted by Gasteiger charge is 2.21. The van der Waals surface area contributed by atoms with Gasteiger partial charge in [0.15, 0.2) is 5.78 Å². The van der Waals surface area contributed by atoms with E-state index < -0.39 is 0 Å². The van der Waals surface area contributed by atoms with Gasteiger partial charge in [-0.05, 0) is 62.1 Å². The molecule has 6 nitrogen and oxygen atoms in total. The molecule has 1 saturated heterocycles. The summed E-state index contributed by atoms with van der Waals surface area (Å²) >= 11 is 0. The number of ketones is 1.